The Bertz CT molecular complexity index is 564. The van der Waals surface area contributed by atoms with Crippen molar-refractivity contribution in [3.05, 3.63) is 44.8 Å². The third-order valence-electron chi connectivity index (χ3n) is 3.11. The van der Waals surface area contributed by atoms with E-state index >= 15 is 0 Å². The lowest BCUT2D eigenvalue weighted by Gasteiger charge is -2.13. The first-order valence-electron chi connectivity index (χ1n) is 6.68. The molecule has 0 aliphatic heterocycles. The molecule has 0 saturated heterocycles. The van der Waals surface area contributed by atoms with Gasteiger partial charge in [-0.2, -0.15) is 11.3 Å². The molecule has 0 saturated carbocycles. The zero-order chi connectivity index (χ0) is 15.1. The second kappa shape index (κ2) is 7.95. The lowest BCUT2D eigenvalue weighted by atomic mass is 9.99. The molecule has 2 aromatic rings. The lowest BCUT2D eigenvalue weighted by Crippen LogP contribution is -2.27. The third-order valence-corrected chi connectivity index (χ3v) is 4.88. The minimum absolute atomic E-state index is 0.0154. The van der Waals surface area contributed by atoms with Crippen molar-refractivity contribution in [1.29, 1.82) is 0 Å². The van der Waals surface area contributed by atoms with E-state index in [1.54, 1.807) is 11.3 Å². The first kappa shape index (κ1) is 15.7. The molecule has 4 nitrogen and oxygen atoms in total. The number of carboxylic acids is 1. The van der Waals surface area contributed by atoms with Crippen LogP contribution < -0.4 is 5.32 Å². The molecule has 0 aromatic carbocycles. The Labute approximate surface area is 131 Å². The monoisotopic (exact) mass is 323 g/mol. The van der Waals surface area contributed by atoms with Crippen LogP contribution in [0, 0.1) is 0 Å². The van der Waals surface area contributed by atoms with Crippen molar-refractivity contribution in [3.63, 3.8) is 0 Å². The number of rotatable bonds is 8. The Kier molecular flexibility index (Phi) is 5.95. The van der Waals surface area contributed by atoms with Gasteiger partial charge in [0.1, 0.15) is 0 Å². The quantitative estimate of drug-likeness (QED) is 0.784. The summed E-state index contributed by atoms with van der Waals surface area (Å²) in [5.74, 6) is -1.21. The number of hydrogen-bond donors (Lipinski definition) is 2. The van der Waals surface area contributed by atoms with Crippen molar-refractivity contribution in [3.8, 4) is 0 Å². The fourth-order valence-electron chi connectivity index (χ4n) is 2.08. The van der Waals surface area contributed by atoms with Crippen LogP contribution in [0.3, 0.4) is 0 Å². The molecule has 2 aromatic heterocycles. The molecule has 0 radical (unpaired) electrons. The highest BCUT2D eigenvalue weighted by Crippen LogP contribution is 2.27. The summed E-state index contributed by atoms with van der Waals surface area (Å²) in [5, 5.41) is 17.8. The van der Waals surface area contributed by atoms with E-state index in [9.17, 15) is 9.59 Å². The lowest BCUT2D eigenvalue weighted by molar-refractivity contribution is -0.137. The van der Waals surface area contributed by atoms with Gasteiger partial charge in [0, 0.05) is 23.8 Å². The summed E-state index contributed by atoms with van der Waals surface area (Å²) in [7, 11) is 0. The van der Waals surface area contributed by atoms with E-state index in [4.69, 9.17) is 5.11 Å². The normalized spacial score (nSPS) is 12.0. The summed E-state index contributed by atoms with van der Waals surface area (Å²) < 4.78 is 0. The Hall–Kier alpha value is -1.66. The highest BCUT2D eigenvalue weighted by atomic mass is 32.1. The number of nitrogens with one attached hydrogen (secondary N) is 1. The minimum atomic E-state index is -0.875. The Balaban J connectivity index is 1.81. The summed E-state index contributed by atoms with van der Waals surface area (Å²) in [6.07, 6.45) is 1.01. The smallest absolute Gasteiger partial charge is 0.304 e. The molecule has 21 heavy (non-hydrogen) atoms. The Morgan fingerprint density at radius 3 is 2.71 bits per heavy atom. The van der Waals surface area contributed by atoms with Crippen molar-refractivity contribution < 1.29 is 14.7 Å². The molecule has 0 bridgehead atoms. The van der Waals surface area contributed by atoms with E-state index in [1.165, 1.54) is 16.9 Å². The number of carbonyl (C=O) groups is 2. The van der Waals surface area contributed by atoms with Crippen molar-refractivity contribution in [2.24, 2.45) is 0 Å². The van der Waals surface area contributed by atoms with Crippen LogP contribution in [-0.2, 0) is 16.0 Å². The highest BCUT2D eigenvalue weighted by Gasteiger charge is 2.20. The van der Waals surface area contributed by atoms with Gasteiger partial charge in [-0.3, -0.25) is 9.59 Å². The molecular weight excluding hydrogens is 306 g/mol. The second-order valence-electron chi connectivity index (χ2n) is 4.75. The number of carbonyl (C=O) groups excluding carboxylic acids is 1. The molecule has 0 aliphatic rings. The zero-order valence-corrected chi connectivity index (χ0v) is 13.1. The molecule has 2 rings (SSSR count). The van der Waals surface area contributed by atoms with Crippen LogP contribution in [0.1, 0.15) is 29.2 Å². The average Bonchev–Trinajstić information content (AvgIpc) is 3.10. The van der Waals surface area contributed by atoms with Gasteiger partial charge in [-0.25, -0.2) is 0 Å². The van der Waals surface area contributed by atoms with Crippen LogP contribution in [0.15, 0.2) is 34.3 Å². The number of hydrogen-bond acceptors (Lipinski definition) is 4. The van der Waals surface area contributed by atoms with Crippen molar-refractivity contribution >= 4 is 34.6 Å². The molecule has 1 atom stereocenters. The Morgan fingerprint density at radius 1 is 1.24 bits per heavy atom. The van der Waals surface area contributed by atoms with E-state index < -0.39 is 5.97 Å². The molecule has 2 heterocycles. The highest BCUT2D eigenvalue weighted by molar-refractivity contribution is 7.10. The number of aliphatic carboxylic acids is 1. The average molecular weight is 323 g/mol. The maximum Gasteiger partial charge on any atom is 0.304 e. The third kappa shape index (κ3) is 5.32. The first-order chi connectivity index (χ1) is 10.1. The van der Waals surface area contributed by atoms with E-state index in [0.717, 1.165) is 11.3 Å². The Morgan fingerprint density at radius 2 is 2.10 bits per heavy atom. The van der Waals surface area contributed by atoms with Crippen LogP contribution in [-0.4, -0.2) is 23.5 Å². The first-order valence-corrected chi connectivity index (χ1v) is 8.50. The van der Waals surface area contributed by atoms with Crippen molar-refractivity contribution in [2.45, 2.75) is 25.2 Å². The van der Waals surface area contributed by atoms with Crippen LogP contribution in [0.4, 0.5) is 0 Å². The molecular formula is C15H17NO3S2. The fourth-order valence-corrected chi connectivity index (χ4v) is 3.62. The number of carboxylic acid groups (broad SMARTS) is 1. The summed E-state index contributed by atoms with van der Waals surface area (Å²) in [6.45, 7) is 0.583. The topological polar surface area (TPSA) is 66.4 Å². The molecule has 1 amide bonds. The maximum atomic E-state index is 12.0. The molecule has 6 heteroatoms. The molecule has 0 fully saturated rings. The summed E-state index contributed by atoms with van der Waals surface area (Å²) in [5.41, 5.74) is 1.21. The van der Waals surface area contributed by atoms with Crippen LogP contribution in [0.2, 0.25) is 0 Å². The number of amides is 1. The largest absolute Gasteiger partial charge is 0.481 e. The number of thiophene rings is 2. The van der Waals surface area contributed by atoms with Gasteiger partial charge in [0.05, 0.1) is 6.42 Å². The predicted molar refractivity (Wildman–Crippen MR) is 85.0 cm³/mol. The van der Waals surface area contributed by atoms with Crippen molar-refractivity contribution in [2.75, 3.05) is 6.54 Å². The molecule has 2 N–H and O–H groups in total. The van der Waals surface area contributed by atoms with Gasteiger partial charge >= 0.3 is 5.97 Å². The fraction of sp³-hybridized carbons (Fsp3) is 0.333. The molecule has 112 valence electrons. The van der Waals surface area contributed by atoms with Gasteiger partial charge in [0.2, 0.25) is 5.91 Å². The van der Waals surface area contributed by atoms with Gasteiger partial charge in [0.25, 0.3) is 0 Å². The summed E-state index contributed by atoms with van der Waals surface area (Å²) >= 11 is 3.13. The maximum absolute atomic E-state index is 12.0. The van der Waals surface area contributed by atoms with Gasteiger partial charge in [-0.05, 0) is 40.3 Å². The summed E-state index contributed by atoms with van der Waals surface area (Å²) in [6, 6.07) is 5.80. The van der Waals surface area contributed by atoms with Gasteiger partial charge in [-0.15, -0.1) is 11.3 Å². The molecule has 0 aliphatic carbocycles. The van der Waals surface area contributed by atoms with Crippen LogP contribution >= 0.6 is 22.7 Å². The van der Waals surface area contributed by atoms with Crippen molar-refractivity contribution in [1.82, 2.24) is 5.32 Å². The van der Waals surface area contributed by atoms with Gasteiger partial charge < -0.3 is 10.4 Å². The summed E-state index contributed by atoms with van der Waals surface area (Å²) in [4.78, 5) is 23.8. The minimum Gasteiger partial charge on any atom is -0.481 e. The van der Waals surface area contributed by atoms with E-state index in [2.05, 4.69) is 10.7 Å². The zero-order valence-electron chi connectivity index (χ0n) is 11.5. The van der Waals surface area contributed by atoms with E-state index in [0.29, 0.717) is 6.54 Å². The predicted octanol–water partition coefficient (Wildman–Crippen LogP) is 3.12. The SMILES string of the molecule is O=C(O)C[C@H](CC(=O)NCCc1ccsc1)c1cccs1. The molecule has 0 unspecified atom stereocenters. The van der Waals surface area contributed by atoms with Crippen LogP contribution in [0.25, 0.3) is 0 Å². The van der Waals surface area contributed by atoms with E-state index in [-0.39, 0.29) is 24.7 Å². The molecule has 0 spiro atoms. The second-order valence-corrected chi connectivity index (χ2v) is 6.51. The van der Waals surface area contributed by atoms with Crippen LogP contribution in [0.5, 0.6) is 0 Å². The van der Waals surface area contributed by atoms with Gasteiger partial charge in [0.15, 0.2) is 0 Å². The van der Waals surface area contributed by atoms with Gasteiger partial charge in [-0.1, -0.05) is 6.07 Å². The van der Waals surface area contributed by atoms with E-state index in [1.807, 2.05) is 29.0 Å². The standard InChI is InChI=1S/C15H17NO3S2/c17-14(16-5-3-11-4-7-20-10-11)8-12(9-15(18)19)13-2-1-6-21-13/h1-2,4,6-7,10,12H,3,5,8-9H2,(H,16,17)(H,18,19)/t12-/m0/s1.